The SMILES string of the molecule is CCCCOC(=O)CN(c1ccc2[nH]ccc2c1)S(=O)(=O)c1cc(C)nc(C)c1. The number of esters is 1. The van der Waals surface area contributed by atoms with Gasteiger partial charge < -0.3 is 9.72 Å². The zero-order valence-corrected chi connectivity index (χ0v) is 17.6. The van der Waals surface area contributed by atoms with Gasteiger partial charge in [0.05, 0.1) is 17.2 Å². The summed E-state index contributed by atoms with van der Waals surface area (Å²) in [6.45, 7) is 5.34. The van der Waals surface area contributed by atoms with E-state index in [1.165, 1.54) is 12.1 Å². The van der Waals surface area contributed by atoms with Gasteiger partial charge in [0.25, 0.3) is 10.0 Å². The van der Waals surface area contributed by atoms with Gasteiger partial charge in [-0.15, -0.1) is 0 Å². The second kappa shape index (κ2) is 8.65. The summed E-state index contributed by atoms with van der Waals surface area (Å²) >= 11 is 0. The van der Waals surface area contributed by atoms with Gasteiger partial charge in [-0.1, -0.05) is 13.3 Å². The van der Waals surface area contributed by atoms with E-state index in [0.29, 0.717) is 17.1 Å². The monoisotopic (exact) mass is 415 g/mol. The van der Waals surface area contributed by atoms with E-state index in [1.807, 2.05) is 13.0 Å². The van der Waals surface area contributed by atoms with Gasteiger partial charge in [-0.3, -0.25) is 14.1 Å². The Balaban J connectivity index is 2.02. The molecule has 0 saturated carbocycles. The van der Waals surface area contributed by atoms with Crippen molar-refractivity contribution in [3.05, 3.63) is 54.0 Å². The molecule has 1 aromatic carbocycles. The molecule has 2 heterocycles. The number of anilines is 1. The molecule has 0 aliphatic rings. The molecule has 0 atom stereocenters. The molecular weight excluding hydrogens is 390 g/mol. The standard InChI is InChI=1S/C21H25N3O4S/c1-4-5-10-28-21(25)14-24(18-6-7-20-17(13-18)8-9-22-20)29(26,27)19-11-15(2)23-16(3)12-19/h6-9,11-13,22H,4-5,10,14H2,1-3H3. The van der Waals surface area contributed by atoms with Crippen LogP contribution < -0.4 is 4.31 Å². The number of rotatable bonds is 8. The first-order chi connectivity index (χ1) is 13.8. The minimum Gasteiger partial charge on any atom is -0.464 e. The van der Waals surface area contributed by atoms with E-state index in [1.54, 1.807) is 38.2 Å². The molecular formula is C21H25N3O4S. The van der Waals surface area contributed by atoms with Gasteiger partial charge in [-0.25, -0.2) is 8.42 Å². The van der Waals surface area contributed by atoms with E-state index >= 15 is 0 Å². The van der Waals surface area contributed by atoms with E-state index in [4.69, 9.17) is 4.74 Å². The summed E-state index contributed by atoms with van der Waals surface area (Å²) in [4.78, 5) is 19.8. The fourth-order valence-electron chi connectivity index (χ4n) is 3.08. The number of aromatic nitrogens is 2. The number of nitrogens with one attached hydrogen (secondary N) is 1. The number of H-pyrrole nitrogens is 1. The molecule has 1 N–H and O–H groups in total. The van der Waals surface area contributed by atoms with E-state index in [-0.39, 0.29) is 11.5 Å². The minimum atomic E-state index is -3.99. The molecule has 0 fully saturated rings. The molecule has 3 rings (SSSR count). The fourth-order valence-corrected chi connectivity index (χ4v) is 4.64. The van der Waals surface area contributed by atoms with E-state index in [9.17, 15) is 13.2 Å². The van der Waals surface area contributed by atoms with E-state index < -0.39 is 22.5 Å². The molecule has 154 valence electrons. The lowest BCUT2D eigenvalue weighted by Gasteiger charge is -2.24. The second-order valence-electron chi connectivity index (χ2n) is 6.92. The Kier molecular flexibility index (Phi) is 6.22. The first-order valence-electron chi connectivity index (χ1n) is 9.52. The molecule has 8 heteroatoms. The number of ether oxygens (including phenoxy) is 1. The predicted octanol–water partition coefficient (Wildman–Crippen LogP) is 3.72. The van der Waals surface area contributed by atoms with Crippen LogP contribution in [0.15, 0.2) is 47.5 Å². The lowest BCUT2D eigenvalue weighted by molar-refractivity contribution is -0.141. The van der Waals surface area contributed by atoms with Gasteiger partial charge in [0.1, 0.15) is 6.54 Å². The molecule has 0 saturated heterocycles. The Labute approximate surface area is 170 Å². The van der Waals surface area contributed by atoms with Crippen LogP contribution in [0.4, 0.5) is 5.69 Å². The summed E-state index contributed by atoms with van der Waals surface area (Å²) in [5.74, 6) is -0.585. The normalized spacial score (nSPS) is 11.6. The third-order valence-electron chi connectivity index (χ3n) is 4.50. The molecule has 0 spiro atoms. The predicted molar refractivity (Wildman–Crippen MR) is 112 cm³/mol. The molecule has 0 bridgehead atoms. The van der Waals surface area contributed by atoms with Crippen molar-refractivity contribution in [3.63, 3.8) is 0 Å². The smallest absolute Gasteiger partial charge is 0.326 e. The number of pyridine rings is 1. The van der Waals surface area contributed by atoms with Crippen LogP contribution in [0.1, 0.15) is 31.2 Å². The van der Waals surface area contributed by atoms with Crippen LogP contribution in [-0.4, -0.2) is 37.5 Å². The van der Waals surface area contributed by atoms with Crippen LogP contribution in [-0.2, 0) is 19.6 Å². The molecule has 29 heavy (non-hydrogen) atoms. The average molecular weight is 416 g/mol. The maximum absolute atomic E-state index is 13.5. The molecule has 0 aliphatic heterocycles. The molecule has 7 nitrogen and oxygen atoms in total. The van der Waals surface area contributed by atoms with Gasteiger partial charge >= 0.3 is 5.97 Å². The van der Waals surface area contributed by atoms with Crippen LogP contribution in [0.25, 0.3) is 10.9 Å². The quantitative estimate of drug-likeness (QED) is 0.447. The van der Waals surface area contributed by atoms with E-state index in [2.05, 4.69) is 9.97 Å². The number of fused-ring (bicyclic) bond motifs is 1. The zero-order valence-electron chi connectivity index (χ0n) is 16.8. The summed E-state index contributed by atoms with van der Waals surface area (Å²) < 4.78 is 33.2. The summed E-state index contributed by atoms with van der Waals surface area (Å²) in [6, 6.07) is 10.1. The second-order valence-corrected chi connectivity index (χ2v) is 8.78. The Hall–Kier alpha value is -2.87. The molecule has 3 aromatic rings. The van der Waals surface area contributed by atoms with Gasteiger partial charge in [0.15, 0.2) is 0 Å². The molecule has 0 radical (unpaired) electrons. The summed E-state index contributed by atoms with van der Waals surface area (Å²) in [5, 5.41) is 0.851. The van der Waals surface area contributed by atoms with Gasteiger partial charge in [-0.2, -0.15) is 0 Å². The number of benzene rings is 1. The van der Waals surface area contributed by atoms with Gasteiger partial charge in [0.2, 0.25) is 0 Å². The Morgan fingerprint density at radius 2 is 1.86 bits per heavy atom. The maximum atomic E-state index is 13.5. The van der Waals surface area contributed by atoms with Crippen LogP contribution >= 0.6 is 0 Å². The van der Waals surface area contributed by atoms with Crippen molar-refractivity contribution in [3.8, 4) is 0 Å². The van der Waals surface area contributed by atoms with Crippen molar-refractivity contribution in [1.82, 2.24) is 9.97 Å². The number of aromatic amines is 1. The van der Waals surface area contributed by atoms with E-state index in [0.717, 1.165) is 28.0 Å². The molecule has 0 amide bonds. The third kappa shape index (κ3) is 4.76. The number of unbranched alkanes of at least 4 members (excludes halogenated alkanes) is 1. The lowest BCUT2D eigenvalue weighted by Crippen LogP contribution is -2.36. The molecule has 0 unspecified atom stereocenters. The highest BCUT2D eigenvalue weighted by atomic mass is 32.2. The van der Waals surface area contributed by atoms with Crippen molar-refractivity contribution in [2.75, 3.05) is 17.5 Å². The topological polar surface area (TPSA) is 92.4 Å². The molecule has 2 aromatic heterocycles. The Bertz CT molecular complexity index is 1100. The minimum absolute atomic E-state index is 0.0954. The van der Waals surface area contributed by atoms with Crippen LogP contribution in [0.3, 0.4) is 0 Å². The highest BCUT2D eigenvalue weighted by molar-refractivity contribution is 7.92. The Morgan fingerprint density at radius 3 is 2.55 bits per heavy atom. The highest BCUT2D eigenvalue weighted by Gasteiger charge is 2.28. The average Bonchev–Trinajstić information content (AvgIpc) is 3.13. The number of hydrogen-bond acceptors (Lipinski definition) is 5. The number of sulfonamides is 1. The van der Waals surface area contributed by atoms with Crippen LogP contribution in [0, 0.1) is 13.8 Å². The summed E-state index contributed by atoms with van der Waals surface area (Å²) in [5.41, 5.74) is 2.47. The van der Waals surface area contributed by atoms with Crippen molar-refractivity contribution in [1.29, 1.82) is 0 Å². The number of hydrogen-bond donors (Lipinski definition) is 1. The van der Waals surface area contributed by atoms with Gasteiger partial charge in [0, 0.05) is 28.5 Å². The van der Waals surface area contributed by atoms with Crippen molar-refractivity contribution < 1.29 is 17.9 Å². The zero-order chi connectivity index (χ0) is 21.0. The number of carbonyl (C=O) groups excluding carboxylic acids is 1. The first kappa shape index (κ1) is 20.9. The lowest BCUT2D eigenvalue weighted by atomic mass is 10.2. The van der Waals surface area contributed by atoms with Gasteiger partial charge in [-0.05, 0) is 56.7 Å². The first-order valence-corrected chi connectivity index (χ1v) is 11.0. The molecule has 0 aliphatic carbocycles. The Morgan fingerprint density at radius 1 is 1.14 bits per heavy atom. The fraction of sp³-hybridized carbons (Fsp3) is 0.333. The van der Waals surface area contributed by atoms with Crippen molar-refractivity contribution in [2.45, 2.75) is 38.5 Å². The van der Waals surface area contributed by atoms with Crippen LogP contribution in [0.5, 0.6) is 0 Å². The van der Waals surface area contributed by atoms with Crippen molar-refractivity contribution >= 4 is 32.6 Å². The third-order valence-corrected chi connectivity index (χ3v) is 6.25. The maximum Gasteiger partial charge on any atom is 0.326 e. The summed E-state index contributed by atoms with van der Waals surface area (Å²) in [6.07, 6.45) is 3.40. The van der Waals surface area contributed by atoms with Crippen LogP contribution in [0.2, 0.25) is 0 Å². The number of nitrogens with zero attached hydrogens (tertiary/aromatic N) is 2. The summed E-state index contributed by atoms with van der Waals surface area (Å²) in [7, 11) is -3.99. The number of carbonyl (C=O) groups is 1. The highest BCUT2D eigenvalue weighted by Crippen LogP contribution is 2.27. The largest absolute Gasteiger partial charge is 0.464 e. The van der Waals surface area contributed by atoms with Crippen molar-refractivity contribution in [2.24, 2.45) is 0 Å². The number of aryl methyl sites for hydroxylation is 2.